The molecule has 6 heteroatoms. The molecule has 190 valence electrons. The van der Waals surface area contributed by atoms with Crippen LogP contribution in [0.4, 0.5) is 0 Å². The molecule has 7 atom stereocenters. The van der Waals surface area contributed by atoms with Gasteiger partial charge in [0.05, 0.1) is 18.3 Å². The maximum Gasteiger partial charge on any atom is 0.132 e. The highest BCUT2D eigenvalue weighted by atomic mass is 16.3. The number of benzene rings is 1. The maximum absolute atomic E-state index is 11.5. The van der Waals surface area contributed by atoms with E-state index in [9.17, 15) is 30.3 Å². The Labute approximate surface area is 199 Å². The maximum atomic E-state index is 11.5. The summed E-state index contributed by atoms with van der Waals surface area (Å²) < 4.78 is 0. The molecule has 1 aromatic rings. The third-order valence-electron chi connectivity index (χ3n) is 6.67. The number of Topliss-reactive ketones (excluding diaryl/α,β-unsaturated/α-hetero) is 1. The van der Waals surface area contributed by atoms with Gasteiger partial charge in [0.15, 0.2) is 0 Å². The Morgan fingerprint density at radius 2 is 1.36 bits per heavy atom. The number of ketones is 1. The average Bonchev–Trinajstić information content (AvgIpc) is 2.68. The van der Waals surface area contributed by atoms with Crippen LogP contribution in [0.3, 0.4) is 0 Å². The SMILES string of the molecule is CC(=O)[C@@H](C)C[C@@H](C)C[C@@H](C)CC[C@H](O)C[C@H](O)[C@H](CC(C)C)[C@H](O)c1cc(O)cc(O)c1. The summed E-state index contributed by atoms with van der Waals surface area (Å²) in [7, 11) is 0. The first kappa shape index (κ1) is 29.4. The molecule has 6 nitrogen and oxygen atoms in total. The molecule has 0 saturated carbocycles. The smallest absolute Gasteiger partial charge is 0.132 e. The molecule has 0 aliphatic rings. The van der Waals surface area contributed by atoms with E-state index in [4.69, 9.17) is 0 Å². The van der Waals surface area contributed by atoms with Crippen molar-refractivity contribution < 1.29 is 30.3 Å². The van der Waals surface area contributed by atoms with Crippen LogP contribution in [-0.4, -0.2) is 43.5 Å². The topological polar surface area (TPSA) is 118 Å². The first-order valence-electron chi connectivity index (χ1n) is 12.4. The van der Waals surface area contributed by atoms with E-state index in [-0.39, 0.29) is 35.5 Å². The van der Waals surface area contributed by atoms with E-state index in [0.29, 0.717) is 30.2 Å². The molecule has 0 aliphatic carbocycles. The molecule has 0 unspecified atom stereocenters. The minimum Gasteiger partial charge on any atom is -0.508 e. The second-order valence-corrected chi connectivity index (χ2v) is 10.7. The van der Waals surface area contributed by atoms with Crippen molar-refractivity contribution in [3.05, 3.63) is 23.8 Å². The number of rotatable bonds is 15. The van der Waals surface area contributed by atoms with Crippen LogP contribution in [0.2, 0.25) is 0 Å². The largest absolute Gasteiger partial charge is 0.508 e. The first-order chi connectivity index (χ1) is 15.3. The van der Waals surface area contributed by atoms with Crippen LogP contribution in [0.25, 0.3) is 0 Å². The average molecular weight is 467 g/mol. The number of phenols is 2. The fraction of sp³-hybridized carbons (Fsp3) is 0.741. The van der Waals surface area contributed by atoms with E-state index in [1.54, 1.807) is 6.92 Å². The summed E-state index contributed by atoms with van der Waals surface area (Å²) in [6.07, 6.45) is 1.26. The summed E-state index contributed by atoms with van der Waals surface area (Å²) in [6, 6.07) is 3.96. The second kappa shape index (κ2) is 13.9. The summed E-state index contributed by atoms with van der Waals surface area (Å²) in [5, 5.41) is 51.9. The van der Waals surface area contributed by atoms with Gasteiger partial charge in [-0.1, -0.05) is 34.6 Å². The fourth-order valence-corrected chi connectivity index (χ4v) is 4.80. The lowest BCUT2D eigenvalue weighted by atomic mass is 9.81. The molecule has 0 aliphatic heterocycles. The highest BCUT2D eigenvalue weighted by molar-refractivity contribution is 5.77. The Balaban J connectivity index is 2.66. The minimum atomic E-state index is -1.07. The van der Waals surface area contributed by atoms with Crippen molar-refractivity contribution in [1.29, 1.82) is 0 Å². The first-order valence-corrected chi connectivity index (χ1v) is 12.4. The third kappa shape index (κ3) is 10.9. The van der Waals surface area contributed by atoms with Crippen LogP contribution < -0.4 is 0 Å². The Kier molecular flexibility index (Phi) is 12.4. The van der Waals surface area contributed by atoms with E-state index >= 15 is 0 Å². The summed E-state index contributed by atoms with van der Waals surface area (Å²) in [5.41, 5.74) is 0.342. The number of aliphatic hydroxyl groups is 3. The zero-order valence-electron chi connectivity index (χ0n) is 21.2. The lowest BCUT2D eigenvalue weighted by Crippen LogP contribution is -2.31. The van der Waals surface area contributed by atoms with Gasteiger partial charge in [0.1, 0.15) is 17.3 Å². The molecule has 0 heterocycles. The van der Waals surface area contributed by atoms with Crippen LogP contribution in [0.15, 0.2) is 18.2 Å². The minimum absolute atomic E-state index is 0.0747. The van der Waals surface area contributed by atoms with Crippen molar-refractivity contribution in [3.63, 3.8) is 0 Å². The molecule has 0 amide bonds. The Hall–Kier alpha value is -1.63. The molecule has 33 heavy (non-hydrogen) atoms. The van der Waals surface area contributed by atoms with Gasteiger partial charge in [-0.15, -0.1) is 0 Å². The summed E-state index contributed by atoms with van der Waals surface area (Å²) in [4.78, 5) is 11.5. The predicted octanol–water partition coefficient (Wildman–Crippen LogP) is 4.96. The molecule has 0 bridgehead atoms. The van der Waals surface area contributed by atoms with Crippen molar-refractivity contribution in [3.8, 4) is 11.5 Å². The number of phenolic OH excluding ortho intramolecular Hbond substituents is 2. The number of carbonyl (C=O) groups excluding carboxylic acids is 1. The normalized spacial score (nSPS) is 18.4. The summed E-state index contributed by atoms with van der Waals surface area (Å²) in [5.74, 6) is 0.506. The van der Waals surface area contributed by atoms with Crippen LogP contribution in [0.1, 0.15) is 91.7 Å². The quantitative estimate of drug-likeness (QED) is 0.249. The zero-order valence-corrected chi connectivity index (χ0v) is 21.2. The summed E-state index contributed by atoms with van der Waals surface area (Å²) >= 11 is 0. The number of aromatic hydroxyl groups is 2. The lowest BCUT2D eigenvalue weighted by molar-refractivity contribution is -0.120. The van der Waals surface area contributed by atoms with E-state index in [1.807, 2.05) is 20.8 Å². The Morgan fingerprint density at radius 1 is 0.788 bits per heavy atom. The van der Waals surface area contributed by atoms with E-state index in [0.717, 1.165) is 19.3 Å². The summed E-state index contributed by atoms with van der Waals surface area (Å²) in [6.45, 7) is 11.9. The van der Waals surface area contributed by atoms with Gasteiger partial charge in [0.2, 0.25) is 0 Å². The standard InChI is InChI=1S/C27H46O6/c1-16(2)9-25(27(33)21-12-23(30)14-24(31)13-21)26(32)15-22(29)8-7-17(3)10-18(4)11-19(5)20(6)28/h12-14,16-19,22,25-27,29-33H,7-11,15H2,1-6H3/t17-,18-,19-,22-,25-,26-,27+/m0/s1. The Bertz CT molecular complexity index is 698. The van der Waals surface area contributed by atoms with Crippen molar-refractivity contribution in [1.82, 2.24) is 0 Å². The number of aliphatic hydroxyl groups excluding tert-OH is 3. The number of carbonyl (C=O) groups is 1. The van der Waals surface area contributed by atoms with Crippen molar-refractivity contribution in [2.24, 2.45) is 29.6 Å². The Morgan fingerprint density at radius 3 is 1.88 bits per heavy atom. The predicted molar refractivity (Wildman–Crippen MR) is 131 cm³/mol. The van der Waals surface area contributed by atoms with Gasteiger partial charge < -0.3 is 25.5 Å². The highest BCUT2D eigenvalue weighted by Crippen LogP contribution is 2.35. The number of hydrogen-bond acceptors (Lipinski definition) is 6. The van der Waals surface area contributed by atoms with E-state index in [2.05, 4.69) is 13.8 Å². The van der Waals surface area contributed by atoms with Gasteiger partial charge in [0, 0.05) is 17.9 Å². The third-order valence-corrected chi connectivity index (χ3v) is 6.67. The fourth-order valence-electron chi connectivity index (χ4n) is 4.80. The van der Waals surface area contributed by atoms with Gasteiger partial charge >= 0.3 is 0 Å². The molecule has 1 aromatic carbocycles. The lowest BCUT2D eigenvalue weighted by Gasteiger charge is -2.31. The van der Waals surface area contributed by atoms with E-state index < -0.39 is 24.2 Å². The van der Waals surface area contributed by atoms with Crippen molar-refractivity contribution in [2.75, 3.05) is 0 Å². The monoisotopic (exact) mass is 466 g/mol. The van der Waals surface area contributed by atoms with Gasteiger partial charge in [-0.2, -0.15) is 0 Å². The van der Waals surface area contributed by atoms with Crippen LogP contribution in [-0.2, 0) is 4.79 Å². The van der Waals surface area contributed by atoms with Crippen molar-refractivity contribution in [2.45, 2.75) is 98.4 Å². The molecule has 0 radical (unpaired) electrons. The van der Waals surface area contributed by atoms with Crippen LogP contribution in [0, 0.1) is 29.6 Å². The molecule has 1 rings (SSSR count). The van der Waals surface area contributed by atoms with Gasteiger partial charge in [-0.3, -0.25) is 4.79 Å². The highest BCUT2D eigenvalue weighted by Gasteiger charge is 2.31. The van der Waals surface area contributed by atoms with Crippen LogP contribution in [0.5, 0.6) is 11.5 Å². The number of hydrogen-bond donors (Lipinski definition) is 5. The molecule has 0 aromatic heterocycles. The van der Waals surface area contributed by atoms with Gasteiger partial charge in [0.25, 0.3) is 0 Å². The molecule has 0 spiro atoms. The van der Waals surface area contributed by atoms with Gasteiger partial charge in [-0.25, -0.2) is 0 Å². The second-order valence-electron chi connectivity index (χ2n) is 10.7. The van der Waals surface area contributed by atoms with E-state index in [1.165, 1.54) is 18.2 Å². The van der Waals surface area contributed by atoms with Crippen molar-refractivity contribution >= 4 is 5.78 Å². The molecular weight excluding hydrogens is 420 g/mol. The zero-order chi connectivity index (χ0) is 25.3. The molecule has 0 saturated heterocycles. The van der Waals surface area contributed by atoms with Crippen LogP contribution >= 0.6 is 0 Å². The molecule has 5 N–H and O–H groups in total. The van der Waals surface area contributed by atoms with Gasteiger partial charge in [-0.05, 0) is 80.9 Å². The molecule has 0 fully saturated rings. The molecular formula is C27H46O6.